The van der Waals surface area contributed by atoms with Gasteiger partial charge in [0.05, 0.1) is 18.5 Å². The molecule has 36 heavy (non-hydrogen) atoms. The van der Waals surface area contributed by atoms with E-state index in [4.69, 9.17) is 16.6 Å². The number of aromatic nitrogens is 2. The van der Waals surface area contributed by atoms with E-state index in [9.17, 15) is 8.42 Å². The molecule has 5 aromatic rings. The number of hydrogen-bond acceptors (Lipinski definition) is 5. The first-order valence-electron chi connectivity index (χ1n) is 11.3. The Kier molecular flexibility index (Phi) is 6.59. The van der Waals surface area contributed by atoms with Gasteiger partial charge in [0.2, 0.25) is 10.0 Å². The molecule has 0 bridgehead atoms. The molecule has 0 saturated carbocycles. The maximum atomic E-state index is 11.6. The lowest BCUT2D eigenvalue weighted by Crippen LogP contribution is -2.09. The van der Waals surface area contributed by atoms with Gasteiger partial charge in [-0.2, -0.15) is 0 Å². The van der Waals surface area contributed by atoms with Gasteiger partial charge in [0, 0.05) is 22.8 Å². The summed E-state index contributed by atoms with van der Waals surface area (Å²) in [4.78, 5) is 9.18. The van der Waals surface area contributed by atoms with Crippen molar-refractivity contribution in [2.45, 2.75) is 6.54 Å². The summed E-state index contributed by atoms with van der Waals surface area (Å²) in [5.41, 5.74) is 5.06. The summed E-state index contributed by atoms with van der Waals surface area (Å²) in [5, 5.41) is 5.66. The number of halogens is 1. The van der Waals surface area contributed by atoms with Crippen LogP contribution in [0.3, 0.4) is 0 Å². The summed E-state index contributed by atoms with van der Waals surface area (Å²) in [5.74, 6) is 0.666. The van der Waals surface area contributed by atoms with Crippen LogP contribution in [0.4, 0.5) is 11.5 Å². The third-order valence-corrected chi connectivity index (χ3v) is 6.59. The van der Waals surface area contributed by atoms with E-state index < -0.39 is 10.0 Å². The highest BCUT2D eigenvalue weighted by molar-refractivity contribution is 7.92. The van der Waals surface area contributed by atoms with Gasteiger partial charge in [-0.3, -0.25) is 9.71 Å². The van der Waals surface area contributed by atoms with Crippen LogP contribution in [-0.4, -0.2) is 24.6 Å². The zero-order valence-electron chi connectivity index (χ0n) is 19.4. The minimum absolute atomic E-state index is 0.347. The first-order valence-corrected chi connectivity index (χ1v) is 13.6. The van der Waals surface area contributed by atoms with Crippen molar-refractivity contribution in [1.82, 2.24) is 9.97 Å². The number of nitrogens with one attached hydrogen (secondary N) is 2. The Bertz CT molecular complexity index is 1630. The molecule has 0 atom stereocenters. The number of fused-ring (bicyclic) bond motifs is 1. The van der Waals surface area contributed by atoms with Crippen LogP contribution in [0.15, 0.2) is 97.2 Å². The van der Waals surface area contributed by atoms with Crippen molar-refractivity contribution < 1.29 is 8.42 Å². The molecule has 8 heteroatoms. The topological polar surface area (TPSA) is 84.0 Å². The van der Waals surface area contributed by atoms with Crippen LogP contribution in [-0.2, 0) is 16.6 Å². The van der Waals surface area contributed by atoms with E-state index in [1.807, 2.05) is 60.7 Å². The maximum Gasteiger partial charge on any atom is 0.229 e. The third-order valence-electron chi connectivity index (χ3n) is 5.71. The zero-order valence-corrected chi connectivity index (χ0v) is 21.0. The second kappa shape index (κ2) is 9.97. The van der Waals surface area contributed by atoms with Crippen molar-refractivity contribution in [3.63, 3.8) is 0 Å². The quantitative estimate of drug-likeness (QED) is 0.239. The van der Waals surface area contributed by atoms with Gasteiger partial charge >= 0.3 is 0 Å². The van der Waals surface area contributed by atoms with Gasteiger partial charge in [0.1, 0.15) is 11.0 Å². The highest BCUT2D eigenvalue weighted by Crippen LogP contribution is 2.42. The lowest BCUT2D eigenvalue weighted by atomic mass is 9.94. The highest BCUT2D eigenvalue weighted by atomic mass is 35.5. The molecule has 0 aliphatic rings. The van der Waals surface area contributed by atoms with Crippen molar-refractivity contribution in [1.29, 1.82) is 0 Å². The minimum atomic E-state index is -3.37. The van der Waals surface area contributed by atoms with Crippen molar-refractivity contribution in [3.05, 3.63) is 108 Å². The largest absolute Gasteiger partial charge is 0.364 e. The monoisotopic (exact) mass is 514 g/mol. The molecule has 2 heterocycles. The highest BCUT2D eigenvalue weighted by Gasteiger charge is 2.18. The van der Waals surface area contributed by atoms with Gasteiger partial charge in [-0.25, -0.2) is 13.4 Å². The average Bonchev–Trinajstić information content (AvgIpc) is 2.88. The van der Waals surface area contributed by atoms with Crippen LogP contribution in [0, 0.1) is 0 Å². The van der Waals surface area contributed by atoms with E-state index in [0.717, 1.165) is 45.0 Å². The molecule has 0 amide bonds. The summed E-state index contributed by atoms with van der Waals surface area (Å²) >= 11 is 6.79. The predicted octanol–water partition coefficient (Wildman–Crippen LogP) is 6.60. The van der Waals surface area contributed by atoms with Crippen LogP contribution >= 0.6 is 11.6 Å². The number of rotatable bonds is 7. The number of benzene rings is 3. The zero-order chi connectivity index (χ0) is 25.1. The average molecular weight is 515 g/mol. The molecule has 3 aromatic carbocycles. The Morgan fingerprint density at radius 3 is 2.28 bits per heavy atom. The maximum absolute atomic E-state index is 11.6. The Hall–Kier alpha value is -3.94. The fourth-order valence-corrected chi connectivity index (χ4v) is 5.05. The second-order valence-electron chi connectivity index (χ2n) is 8.35. The molecule has 0 saturated heterocycles. The van der Waals surface area contributed by atoms with E-state index in [0.29, 0.717) is 23.2 Å². The molecule has 0 aliphatic heterocycles. The van der Waals surface area contributed by atoms with Crippen LogP contribution in [0.2, 0.25) is 5.15 Å². The molecule has 0 unspecified atom stereocenters. The molecule has 0 aliphatic carbocycles. The first-order chi connectivity index (χ1) is 17.4. The standard InChI is InChI=1S/C28H23ClN4O2S/c1-36(34,35)33-21-15-13-20(14-16-21)25-24-12-7-11-23(19-8-3-2-4-9-19)26(24)28(32-27(25)29)31-18-22-10-5-6-17-30-22/h2-17,33H,18H2,1H3,(H,31,32). The van der Waals surface area contributed by atoms with Crippen molar-refractivity contribution >= 4 is 43.9 Å². The molecular weight excluding hydrogens is 492 g/mol. The van der Waals surface area contributed by atoms with Crippen molar-refractivity contribution in [2.75, 3.05) is 16.3 Å². The Morgan fingerprint density at radius 1 is 0.833 bits per heavy atom. The molecule has 5 rings (SSSR count). The summed E-state index contributed by atoms with van der Waals surface area (Å²) < 4.78 is 25.7. The van der Waals surface area contributed by atoms with E-state index in [1.54, 1.807) is 18.3 Å². The Labute approximate surface area is 215 Å². The van der Waals surface area contributed by atoms with Crippen molar-refractivity contribution in [3.8, 4) is 22.3 Å². The fraction of sp³-hybridized carbons (Fsp3) is 0.0714. The number of nitrogens with zero attached hydrogens (tertiary/aromatic N) is 2. The normalized spacial score (nSPS) is 11.4. The van der Waals surface area contributed by atoms with Crippen molar-refractivity contribution in [2.24, 2.45) is 0 Å². The number of anilines is 2. The van der Waals surface area contributed by atoms with Gasteiger partial charge in [-0.05, 0) is 46.3 Å². The first kappa shape index (κ1) is 23.8. The molecule has 6 nitrogen and oxygen atoms in total. The van der Waals surface area contributed by atoms with Gasteiger partial charge in [0.15, 0.2) is 0 Å². The van der Waals surface area contributed by atoms with Crippen LogP contribution < -0.4 is 10.0 Å². The second-order valence-corrected chi connectivity index (χ2v) is 10.5. The summed E-state index contributed by atoms with van der Waals surface area (Å²) in [6.07, 6.45) is 2.88. The summed E-state index contributed by atoms with van der Waals surface area (Å²) in [6.45, 7) is 0.494. The molecule has 2 aromatic heterocycles. The third kappa shape index (κ3) is 5.17. The number of sulfonamides is 1. The molecule has 180 valence electrons. The predicted molar refractivity (Wildman–Crippen MR) is 148 cm³/mol. The Morgan fingerprint density at radius 2 is 1.58 bits per heavy atom. The molecule has 0 spiro atoms. The molecule has 2 N–H and O–H groups in total. The lowest BCUT2D eigenvalue weighted by Gasteiger charge is -2.17. The minimum Gasteiger partial charge on any atom is -0.364 e. The summed E-state index contributed by atoms with van der Waals surface area (Å²) in [6, 6.07) is 29.1. The van der Waals surface area contributed by atoms with Gasteiger partial charge in [-0.1, -0.05) is 78.3 Å². The molecular formula is C28H23ClN4O2S. The van der Waals surface area contributed by atoms with Gasteiger partial charge < -0.3 is 5.32 Å². The summed E-state index contributed by atoms with van der Waals surface area (Å²) in [7, 11) is -3.37. The van der Waals surface area contributed by atoms with E-state index in [-0.39, 0.29) is 0 Å². The van der Waals surface area contributed by atoms with Crippen LogP contribution in [0.5, 0.6) is 0 Å². The molecule has 0 fully saturated rings. The number of hydrogen-bond donors (Lipinski definition) is 2. The van der Waals surface area contributed by atoms with E-state index >= 15 is 0 Å². The Balaban J connectivity index is 1.67. The number of pyridine rings is 2. The van der Waals surface area contributed by atoms with Crippen LogP contribution in [0.1, 0.15) is 5.69 Å². The lowest BCUT2D eigenvalue weighted by molar-refractivity contribution is 0.607. The SMILES string of the molecule is CS(=O)(=O)Nc1ccc(-c2c(Cl)nc(NCc3ccccn3)c3c(-c4ccccc4)cccc23)cc1. The molecule has 0 radical (unpaired) electrons. The van der Waals surface area contributed by atoms with Gasteiger partial charge in [-0.15, -0.1) is 0 Å². The van der Waals surface area contributed by atoms with Crippen LogP contribution in [0.25, 0.3) is 33.0 Å². The smallest absolute Gasteiger partial charge is 0.229 e. The van der Waals surface area contributed by atoms with Gasteiger partial charge in [0.25, 0.3) is 0 Å². The van der Waals surface area contributed by atoms with E-state index in [1.165, 1.54) is 0 Å². The van der Waals surface area contributed by atoms with E-state index in [2.05, 4.69) is 33.2 Å². The fourth-order valence-electron chi connectivity index (χ4n) is 4.19.